The maximum Gasteiger partial charge on any atom is 0.240 e. The highest BCUT2D eigenvalue weighted by molar-refractivity contribution is 5.84. The van der Waals surface area contributed by atoms with Crippen molar-refractivity contribution < 1.29 is 4.79 Å². The molecule has 0 aromatic carbocycles. The van der Waals surface area contributed by atoms with Gasteiger partial charge in [0.2, 0.25) is 5.91 Å². The number of nitrogens with two attached hydrogens (primary N) is 2. The van der Waals surface area contributed by atoms with Crippen LogP contribution in [0.4, 0.5) is 11.6 Å². The number of hydrogen-bond acceptors (Lipinski definition) is 5. The summed E-state index contributed by atoms with van der Waals surface area (Å²) in [5, 5.41) is 0. The molecule has 16 heavy (non-hydrogen) atoms. The minimum atomic E-state index is -0.311. The number of hydrogen-bond donors (Lipinski definition) is 2. The van der Waals surface area contributed by atoms with Crippen molar-refractivity contribution in [2.45, 2.75) is 25.8 Å². The highest BCUT2D eigenvalue weighted by Crippen LogP contribution is 2.27. The Morgan fingerprint density at radius 2 is 2.31 bits per heavy atom. The van der Waals surface area contributed by atoms with E-state index in [1.807, 2.05) is 11.8 Å². The minimum Gasteiger partial charge on any atom is -0.383 e. The van der Waals surface area contributed by atoms with Gasteiger partial charge in [-0.1, -0.05) is 0 Å². The third-order valence-electron chi connectivity index (χ3n) is 2.95. The van der Waals surface area contributed by atoms with Crippen LogP contribution in [0.5, 0.6) is 0 Å². The molecule has 1 aromatic heterocycles. The summed E-state index contributed by atoms with van der Waals surface area (Å²) in [5.74, 6) is 0.850. The van der Waals surface area contributed by atoms with Crippen molar-refractivity contribution in [1.29, 1.82) is 0 Å². The summed E-state index contributed by atoms with van der Waals surface area (Å²) in [5.41, 5.74) is 11.9. The molecular formula is C10H15N5O. The quantitative estimate of drug-likeness (QED) is 0.722. The van der Waals surface area contributed by atoms with Crippen LogP contribution in [0.25, 0.3) is 0 Å². The first-order chi connectivity index (χ1) is 7.61. The number of nitrogens with zero attached hydrogens (tertiary/aromatic N) is 3. The molecule has 0 spiro atoms. The van der Waals surface area contributed by atoms with Gasteiger partial charge in [-0.05, 0) is 19.8 Å². The fraction of sp³-hybridized carbons (Fsp3) is 0.500. The molecule has 0 saturated carbocycles. The van der Waals surface area contributed by atoms with Crippen LogP contribution in [0.15, 0.2) is 6.33 Å². The van der Waals surface area contributed by atoms with Gasteiger partial charge in [-0.2, -0.15) is 0 Å². The van der Waals surface area contributed by atoms with E-state index in [-0.39, 0.29) is 11.9 Å². The Labute approximate surface area is 93.7 Å². The molecule has 4 N–H and O–H groups in total. The smallest absolute Gasteiger partial charge is 0.240 e. The average molecular weight is 221 g/mol. The van der Waals surface area contributed by atoms with Gasteiger partial charge in [0.15, 0.2) is 0 Å². The highest BCUT2D eigenvalue weighted by atomic mass is 16.1. The first-order valence-corrected chi connectivity index (χ1v) is 5.24. The number of amides is 1. The van der Waals surface area contributed by atoms with E-state index in [1.165, 1.54) is 6.33 Å². The summed E-state index contributed by atoms with van der Waals surface area (Å²) < 4.78 is 0. The minimum absolute atomic E-state index is 0.270. The molecule has 1 fully saturated rings. The van der Waals surface area contributed by atoms with E-state index in [0.29, 0.717) is 11.6 Å². The van der Waals surface area contributed by atoms with Crippen molar-refractivity contribution >= 4 is 17.5 Å². The summed E-state index contributed by atoms with van der Waals surface area (Å²) in [6.45, 7) is 2.63. The molecule has 6 heteroatoms. The molecule has 1 unspecified atom stereocenters. The summed E-state index contributed by atoms with van der Waals surface area (Å²) in [7, 11) is 0. The molecule has 0 radical (unpaired) electrons. The number of anilines is 2. The van der Waals surface area contributed by atoms with Crippen molar-refractivity contribution in [2.24, 2.45) is 5.73 Å². The van der Waals surface area contributed by atoms with Crippen LogP contribution in [0, 0.1) is 6.92 Å². The van der Waals surface area contributed by atoms with E-state index in [0.717, 1.165) is 24.9 Å². The third kappa shape index (κ3) is 1.66. The second-order valence-electron chi connectivity index (χ2n) is 3.96. The Hall–Kier alpha value is -1.85. The standard InChI is InChI=1S/C10H15N5O/c1-6-8(11)13-5-14-10(6)15-4-2-3-7(15)9(12)16/h5,7H,2-4H2,1H3,(H2,12,16)(H2,11,13,14). The van der Waals surface area contributed by atoms with Gasteiger partial charge in [-0.3, -0.25) is 4.79 Å². The summed E-state index contributed by atoms with van der Waals surface area (Å²) in [4.78, 5) is 21.3. The van der Waals surface area contributed by atoms with Crippen LogP contribution in [0.1, 0.15) is 18.4 Å². The van der Waals surface area contributed by atoms with Crippen LogP contribution in [0.2, 0.25) is 0 Å². The molecular weight excluding hydrogens is 206 g/mol. The molecule has 1 saturated heterocycles. The number of carbonyl (C=O) groups excluding carboxylic acids is 1. The second kappa shape index (κ2) is 3.96. The van der Waals surface area contributed by atoms with Crippen molar-refractivity contribution in [2.75, 3.05) is 17.2 Å². The van der Waals surface area contributed by atoms with E-state index < -0.39 is 0 Å². The van der Waals surface area contributed by atoms with Gasteiger partial charge in [0.25, 0.3) is 0 Å². The molecule has 1 aliphatic rings. The normalized spacial score (nSPS) is 20.1. The maximum atomic E-state index is 11.3. The number of primary amides is 1. The van der Waals surface area contributed by atoms with Gasteiger partial charge in [0.1, 0.15) is 24.0 Å². The van der Waals surface area contributed by atoms with Gasteiger partial charge >= 0.3 is 0 Å². The Balaban J connectivity index is 2.36. The molecule has 2 heterocycles. The van der Waals surface area contributed by atoms with E-state index in [4.69, 9.17) is 11.5 Å². The van der Waals surface area contributed by atoms with E-state index >= 15 is 0 Å². The predicted octanol–water partition coefficient (Wildman–Crippen LogP) is -0.179. The molecule has 1 amide bonds. The maximum absolute atomic E-state index is 11.3. The number of rotatable bonds is 2. The molecule has 1 aromatic rings. The average Bonchev–Trinajstić information content (AvgIpc) is 2.70. The van der Waals surface area contributed by atoms with Crippen LogP contribution in [-0.4, -0.2) is 28.5 Å². The zero-order valence-electron chi connectivity index (χ0n) is 9.18. The molecule has 0 bridgehead atoms. The monoisotopic (exact) mass is 221 g/mol. The largest absolute Gasteiger partial charge is 0.383 e. The van der Waals surface area contributed by atoms with Crippen LogP contribution < -0.4 is 16.4 Å². The van der Waals surface area contributed by atoms with Gasteiger partial charge in [-0.25, -0.2) is 9.97 Å². The first kappa shape index (κ1) is 10.7. The number of carbonyl (C=O) groups is 1. The summed E-state index contributed by atoms with van der Waals surface area (Å²) >= 11 is 0. The van der Waals surface area contributed by atoms with Crippen LogP contribution in [-0.2, 0) is 4.79 Å². The van der Waals surface area contributed by atoms with E-state index in [9.17, 15) is 4.79 Å². The highest BCUT2D eigenvalue weighted by Gasteiger charge is 2.31. The predicted molar refractivity (Wildman–Crippen MR) is 60.7 cm³/mol. The summed E-state index contributed by atoms with van der Waals surface area (Å²) in [6, 6.07) is -0.270. The van der Waals surface area contributed by atoms with Crippen molar-refractivity contribution in [3.63, 3.8) is 0 Å². The molecule has 0 aliphatic carbocycles. The first-order valence-electron chi connectivity index (χ1n) is 5.24. The lowest BCUT2D eigenvalue weighted by Gasteiger charge is -2.24. The Morgan fingerprint density at radius 1 is 1.56 bits per heavy atom. The Bertz CT molecular complexity index is 420. The van der Waals surface area contributed by atoms with Gasteiger partial charge in [0, 0.05) is 12.1 Å². The topological polar surface area (TPSA) is 98.1 Å². The lowest BCUT2D eigenvalue weighted by molar-refractivity contribution is -0.119. The fourth-order valence-corrected chi connectivity index (χ4v) is 2.06. The van der Waals surface area contributed by atoms with Gasteiger partial charge in [-0.15, -0.1) is 0 Å². The summed E-state index contributed by atoms with van der Waals surface area (Å²) in [6.07, 6.45) is 3.13. The van der Waals surface area contributed by atoms with E-state index in [1.54, 1.807) is 0 Å². The number of nitrogen functional groups attached to an aromatic ring is 1. The molecule has 1 atom stereocenters. The molecule has 1 aliphatic heterocycles. The lowest BCUT2D eigenvalue weighted by atomic mass is 10.2. The second-order valence-corrected chi connectivity index (χ2v) is 3.96. The fourth-order valence-electron chi connectivity index (χ4n) is 2.06. The zero-order valence-corrected chi connectivity index (χ0v) is 9.18. The van der Waals surface area contributed by atoms with Gasteiger partial charge in [0.05, 0.1) is 0 Å². The SMILES string of the molecule is Cc1c(N)ncnc1N1CCCC1C(N)=O. The third-order valence-corrected chi connectivity index (χ3v) is 2.95. The zero-order chi connectivity index (χ0) is 11.7. The Kier molecular flexibility index (Phi) is 2.64. The molecule has 86 valence electrons. The molecule has 2 rings (SSSR count). The van der Waals surface area contributed by atoms with E-state index in [2.05, 4.69) is 9.97 Å². The van der Waals surface area contributed by atoms with Crippen molar-refractivity contribution in [3.05, 3.63) is 11.9 Å². The lowest BCUT2D eigenvalue weighted by Crippen LogP contribution is -2.41. The number of aromatic nitrogens is 2. The van der Waals surface area contributed by atoms with Crippen molar-refractivity contribution in [1.82, 2.24) is 9.97 Å². The Morgan fingerprint density at radius 3 is 3.00 bits per heavy atom. The van der Waals surface area contributed by atoms with Gasteiger partial charge < -0.3 is 16.4 Å². The molecule has 6 nitrogen and oxygen atoms in total. The van der Waals surface area contributed by atoms with Crippen LogP contribution in [0.3, 0.4) is 0 Å². The van der Waals surface area contributed by atoms with Crippen molar-refractivity contribution in [3.8, 4) is 0 Å². The van der Waals surface area contributed by atoms with Crippen LogP contribution >= 0.6 is 0 Å².